The minimum Gasteiger partial charge on any atom is -0.451 e. The number of carbonyl (C=O) groups is 1. The molecule has 8 nitrogen and oxygen atoms in total. The Morgan fingerprint density at radius 2 is 2.36 bits per heavy atom. The van der Waals surface area contributed by atoms with Gasteiger partial charge >= 0.3 is 6.03 Å². The summed E-state index contributed by atoms with van der Waals surface area (Å²) < 4.78 is 12.3. The van der Waals surface area contributed by atoms with Crippen molar-refractivity contribution >= 4 is 6.03 Å². The van der Waals surface area contributed by atoms with E-state index in [2.05, 4.69) is 10.3 Å². The smallest absolute Gasteiger partial charge is 0.317 e. The molecule has 0 bridgehead atoms. The maximum atomic E-state index is 12.3. The van der Waals surface area contributed by atoms with E-state index in [1.165, 1.54) is 12.1 Å². The van der Waals surface area contributed by atoms with Crippen molar-refractivity contribution in [2.24, 2.45) is 0 Å². The van der Waals surface area contributed by atoms with Gasteiger partial charge in [0, 0.05) is 51.0 Å². The molecule has 0 atom stereocenters. The van der Waals surface area contributed by atoms with Gasteiger partial charge < -0.3 is 19.4 Å². The van der Waals surface area contributed by atoms with E-state index in [1.54, 1.807) is 13.4 Å². The van der Waals surface area contributed by atoms with Crippen LogP contribution in [0.25, 0.3) is 11.4 Å². The van der Waals surface area contributed by atoms with Crippen LogP contribution in [0.4, 0.5) is 4.79 Å². The number of nitrogens with zero attached hydrogens (tertiary/aromatic N) is 4. The molecule has 1 aliphatic rings. The molecule has 0 fully saturated rings. The van der Waals surface area contributed by atoms with E-state index in [4.69, 9.17) is 14.3 Å². The summed E-state index contributed by atoms with van der Waals surface area (Å²) >= 11 is 0. The molecule has 25 heavy (non-hydrogen) atoms. The van der Waals surface area contributed by atoms with Crippen LogP contribution in [0.15, 0.2) is 17.1 Å². The molecule has 136 valence electrons. The minimum atomic E-state index is -0.0225. The summed E-state index contributed by atoms with van der Waals surface area (Å²) in [5.41, 5.74) is 3.74. The number of aryl methyl sites for hydroxylation is 1. The lowest BCUT2D eigenvalue weighted by atomic mass is 10.0. The Kier molecular flexibility index (Phi) is 5.70. The maximum Gasteiger partial charge on any atom is 0.317 e. The van der Waals surface area contributed by atoms with Crippen molar-refractivity contribution in [3.63, 3.8) is 0 Å². The van der Waals surface area contributed by atoms with Gasteiger partial charge in [-0.1, -0.05) is 6.92 Å². The van der Waals surface area contributed by atoms with E-state index in [1.807, 2.05) is 16.5 Å². The average Bonchev–Trinajstić information content (AvgIpc) is 3.27. The Balaban J connectivity index is 1.84. The Labute approximate surface area is 147 Å². The zero-order valence-electron chi connectivity index (χ0n) is 14.8. The average molecular weight is 347 g/mol. The van der Waals surface area contributed by atoms with E-state index in [9.17, 15) is 4.79 Å². The van der Waals surface area contributed by atoms with Crippen molar-refractivity contribution in [3.8, 4) is 11.4 Å². The molecule has 0 aliphatic carbocycles. The van der Waals surface area contributed by atoms with Crippen LogP contribution in [0.3, 0.4) is 0 Å². The number of urea groups is 1. The summed E-state index contributed by atoms with van der Waals surface area (Å²) in [6, 6.07) is -0.0225. The second kappa shape index (κ2) is 8.15. The third-order valence-electron chi connectivity index (χ3n) is 4.34. The van der Waals surface area contributed by atoms with Gasteiger partial charge in [0.1, 0.15) is 17.7 Å². The fourth-order valence-corrected chi connectivity index (χ4v) is 3.09. The third kappa shape index (κ3) is 3.84. The highest BCUT2D eigenvalue weighted by Gasteiger charge is 2.28. The van der Waals surface area contributed by atoms with Gasteiger partial charge in [0.2, 0.25) is 0 Å². The molecule has 0 aromatic carbocycles. The molecular formula is C17H25N5O3. The van der Waals surface area contributed by atoms with Crippen molar-refractivity contribution in [1.29, 1.82) is 0 Å². The van der Waals surface area contributed by atoms with Crippen LogP contribution in [-0.2, 0) is 24.2 Å². The molecule has 0 unspecified atom stereocenters. The molecule has 0 spiro atoms. The van der Waals surface area contributed by atoms with Crippen LogP contribution >= 0.6 is 0 Å². The quantitative estimate of drug-likeness (QED) is 0.775. The van der Waals surface area contributed by atoms with Gasteiger partial charge in [-0.2, -0.15) is 5.10 Å². The third-order valence-corrected chi connectivity index (χ3v) is 4.34. The van der Waals surface area contributed by atoms with Gasteiger partial charge in [-0.15, -0.1) is 0 Å². The summed E-state index contributed by atoms with van der Waals surface area (Å²) in [7, 11) is 1.70. The van der Waals surface area contributed by atoms with Crippen LogP contribution in [0.5, 0.6) is 0 Å². The Hall–Kier alpha value is -2.35. The molecular weight excluding hydrogens is 322 g/mol. The SMILES string of the molecule is CCCNC(=O)N1CCc2c(c(-c3cocn3)nn2CCCOC)C1. The van der Waals surface area contributed by atoms with Gasteiger partial charge in [-0.05, 0) is 12.8 Å². The van der Waals surface area contributed by atoms with Gasteiger partial charge in [0.25, 0.3) is 0 Å². The van der Waals surface area contributed by atoms with Gasteiger partial charge in [0.05, 0.1) is 6.54 Å². The van der Waals surface area contributed by atoms with Crippen molar-refractivity contribution < 1.29 is 13.9 Å². The molecule has 2 aromatic heterocycles. The largest absolute Gasteiger partial charge is 0.451 e. The van der Waals surface area contributed by atoms with Crippen LogP contribution in [-0.4, -0.2) is 52.5 Å². The molecule has 0 saturated carbocycles. The Morgan fingerprint density at radius 1 is 1.48 bits per heavy atom. The topological polar surface area (TPSA) is 85.4 Å². The Morgan fingerprint density at radius 3 is 3.08 bits per heavy atom. The van der Waals surface area contributed by atoms with Gasteiger partial charge in [0.15, 0.2) is 6.39 Å². The number of oxazole rings is 1. The first-order chi connectivity index (χ1) is 12.2. The van der Waals surface area contributed by atoms with Crippen molar-refractivity contribution in [3.05, 3.63) is 23.9 Å². The molecule has 2 aromatic rings. The normalized spacial score (nSPS) is 13.8. The van der Waals surface area contributed by atoms with E-state index in [0.29, 0.717) is 31.9 Å². The zero-order chi connectivity index (χ0) is 17.6. The molecule has 1 N–H and O–H groups in total. The highest BCUT2D eigenvalue weighted by atomic mass is 16.5. The number of carbonyl (C=O) groups excluding carboxylic acids is 1. The first-order valence-electron chi connectivity index (χ1n) is 8.73. The molecule has 3 rings (SSSR count). The Bertz CT molecular complexity index is 695. The van der Waals surface area contributed by atoms with E-state index < -0.39 is 0 Å². The number of ether oxygens (including phenoxy) is 1. The number of nitrogens with one attached hydrogen (secondary N) is 1. The van der Waals surface area contributed by atoms with E-state index >= 15 is 0 Å². The van der Waals surface area contributed by atoms with Crippen molar-refractivity contribution in [2.75, 3.05) is 26.8 Å². The standard InChI is InChI=1S/C17H25N5O3/c1-3-6-18-17(23)21-8-5-15-13(10-21)16(14-11-25-12-19-14)20-22(15)7-4-9-24-2/h11-12H,3-10H2,1-2H3,(H,18,23). The molecule has 3 heterocycles. The van der Waals surface area contributed by atoms with E-state index in [-0.39, 0.29) is 6.03 Å². The summed E-state index contributed by atoms with van der Waals surface area (Å²) in [5.74, 6) is 0. The highest BCUT2D eigenvalue weighted by molar-refractivity contribution is 5.75. The van der Waals surface area contributed by atoms with Gasteiger partial charge in [-0.25, -0.2) is 9.78 Å². The lowest BCUT2D eigenvalue weighted by Gasteiger charge is -2.28. The first-order valence-corrected chi connectivity index (χ1v) is 8.73. The van der Waals surface area contributed by atoms with Crippen molar-refractivity contribution in [2.45, 2.75) is 39.3 Å². The number of amides is 2. The fourth-order valence-electron chi connectivity index (χ4n) is 3.09. The minimum absolute atomic E-state index is 0.0225. The van der Waals surface area contributed by atoms with Crippen LogP contribution in [0, 0.1) is 0 Å². The molecule has 0 radical (unpaired) electrons. The number of aromatic nitrogens is 3. The number of methoxy groups -OCH3 is 1. The number of fused-ring (bicyclic) bond motifs is 1. The predicted molar refractivity (Wildman–Crippen MR) is 92.0 cm³/mol. The second-order valence-electron chi connectivity index (χ2n) is 6.12. The van der Waals surface area contributed by atoms with E-state index in [0.717, 1.165) is 37.1 Å². The summed E-state index contributed by atoms with van der Waals surface area (Å²) in [6.07, 6.45) is 5.60. The summed E-state index contributed by atoms with van der Waals surface area (Å²) in [5, 5.41) is 7.69. The molecule has 2 amide bonds. The molecule has 8 heteroatoms. The summed E-state index contributed by atoms with van der Waals surface area (Å²) in [4.78, 5) is 18.4. The fraction of sp³-hybridized carbons (Fsp3) is 0.588. The lowest BCUT2D eigenvalue weighted by Crippen LogP contribution is -2.43. The maximum absolute atomic E-state index is 12.3. The van der Waals surface area contributed by atoms with Crippen LogP contribution < -0.4 is 5.32 Å². The lowest BCUT2D eigenvalue weighted by molar-refractivity contribution is 0.186. The zero-order valence-corrected chi connectivity index (χ0v) is 14.8. The van der Waals surface area contributed by atoms with Crippen LogP contribution in [0.2, 0.25) is 0 Å². The second-order valence-corrected chi connectivity index (χ2v) is 6.12. The van der Waals surface area contributed by atoms with Crippen LogP contribution in [0.1, 0.15) is 31.0 Å². The molecule has 1 aliphatic heterocycles. The van der Waals surface area contributed by atoms with Gasteiger partial charge in [-0.3, -0.25) is 4.68 Å². The highest BCUT2D eigenvalue weighted by Crippen LogP contribution is 2.29. The predicted octanol–water partition coefficient (Wildman–Crippen LogP) is 2.05. The number of hydrogen-bond donors (Lipinski definition) is 1. The summed E-state index contributed by atoms with van der Waals surface area (Å²) in [6.45, 7) is 5.44. The first kappa shape index (κ1) is 17.5. The number of hydrogen-bond acceptors (Lipinski definition) is 5. The molecule has 0 saturated heterocycles. The number of rotatable bonds is 7. The monoisotopic (exact) mass is 347 g/mol. The van der Waals surface area contributed by atoms with Crippen molar-refractivity contribution in [1.82, 2.24) is 25.0 Å².